The first-order valence-corrected chi connectivity index (χ1v) is 11.8. The van der Waals surface area contributed by atoms with Gasteiger partial charge in [0.05, 0.1) is 17.1 Å². The molecule has 0 bridgehead atoms. The van der Waals surface area contributed by atoms with E-state index in [4.69, 9.17) is 5.73 Å². The fourth-order valence-corrected chi connectivity index (χ4v) is 4.89. The molecule has 174 valence electrons. The molecule has 1 aromatic heterocycles. The summed E-state index contributed by atoms with van der Waals surface area (Å²) in [6, 6.07) is 15.1. The Labute approximate surface area is 196 Å². The highest BCUT2D eigenvalue weighted by Gasteiger charge is 2.24. The van der Waals surface area contributed by atoms with Gasteiger partial charge in [-0.2, -0.15) is 0 Å². The fraction of sp³-hybridized carbons (Fsp3) is 0.125. The van der Waals surface area contributed by atoms with Crippen LogP contribution in [0.5, 0.6) is 0 Å². The second-order valence-electron chi connectivity index (χ2n) is 7.77. The van der Waals surface area contributed by atoms with Crippen molar-refractivity contribution in [3.05, 3.63) is 88.4 Å². The van der Waals surface area contributed by atoms with Gasteiger partial charge in [0.15, 0.2) is 0 Å². The Morgan fingerprint density at radius 2 is 1.88 bits per heavy atom. The van der Waals surface area contributed by atoms with E-state index >= 15 is 0 Å². The predicted octanol–water partition coefficient (Wildman–Crippen LogP) is 1.99. The van der Waals surface area contributed by atoms with Gasteiger partial charge in [0.2, 0.25) is 6.41 Å². The number of sulfonamides is 1. The summed E-state index contributed by atoms with van der Waals surface area (Å²) in [7, 11) is -4.06. The molecule has 0 saturated carbocycles. The van der Waals surface area contributed by atoms with Crippen LogP contribution in [0.25, 0.3) is 16.5 Å². The number of anilines is 1. The molecular formula is C24H23N5O4S. The summed E-state index contributed by atoms with van der Waals surface area (Å²) in [4.78, 5) is 28.6. The lowest BCUT2D eigenvalue weighted by Crippen LogP contribution is -2.35. The molecule has 9 nitrogen and oxygen atoms in total. The minimum Gasteiger partial charge on any atom is -0.382 e. The van der Waals surface area contributed by atoms with Crippen molar-refractivity contribution in [3.63, 3.8) is 0 Å². The van der Waals surface area contributed by atoms with Crippen LogP contribution >= 0.6 is 0 Å². The Kier molecular flexibility index (Phi) is 6.08. The molecule has 1 aliphatic rings. The van der Waals surface area contributed by atoms with Crippen LogP contribution in [0.3, 0.4) is 0 Å². The van der Waals surface area contributed by atoms with E-state index in [0.29, 0.717) is 23.3 Å². The molecule has 0 radical (unpaired) electrons. The Hall–Kier alpha value is -4.18. The topological polar surface area (TPSA) is 136 Å². The third kappa shape index (κ3) is 4.23. The van der Waals surface area contributed by atoms with Crippen molar-refractivity contribution in [2.75, 3.05) is 17.8 Å². The van der Waals surface area contributed by atoms with Crippen LogP contribution in [0.2, 0.25) is 0 Å². The minimum atomic E-state index is -4.06. The lowest BCUT2D eigenvalue weighted by atomic mass is 10.0. The Bertz CT molecular complexity index is 1550. The van der Waals surface area contributed by atoms with Crippen molar-refractivity contribution >= 4 is 44.4 Å². The molecule has 0 fully saturated rings. The Morgan fingerprint density at radius 3 is 2.62 bits per heavy atom. The number of carbonyl (C=O) groups excluding carboxylic acids is 1. The fourth-order valence-electron chi connectivity index (χ4n) is 3.80. The van der Waals surface area contributed by atoms with Crippen molar-refractivity contribution in [2.24, 2.45) is 10.7 Å². The first-order valence-electron chi connectivity index (χ1n) is 10.4. The van der Waals surface area contributed by atoms with Crippen LogP contribution in [0.15, 0.2) is 87.0 Å². The van der Waals surface area contributed by atoms with E-state index in [-0.39, 0.29) is 35.2 Å². The zero-order valence-corrected chi connectivity index (χ0v) is 19.2. The Morgan fingerprint density at radius 1 is 1.15 bits per heavy atom. The third-order valence-electron chi connectivity index (χ3n) is 5.53. The van der Waals surface area contributed by atoms with Crippen molar-refractivity contribution in [3.8, 4) is 0 Å². The Balaban J connectivity index is 1.81. The van der Waals surface area contributed by atoms with Crippen LogP contribution in [-0.4, -0.2) is 38.3 Å². The second kappa shape index (κ2) is 8.99. The van der Waals surface area contributed by atoms with Gasteiger partial charge in [-0.1, -0.05) is 36.9 Å². The molecule has 0 spiro atoms. The third-order valence-corrected chi connectivity index (χ3v) is 6.90. The largest absolute Gasteiger partial charge is 0.382 e. The van der Waals surface area contributed by atoms with E-state index in [1.807, 2.05) is 24.3 Å². The van der Waals surface area contributed by atoms with Crippen LogP contribution in [0.1, 0.15) is 5.69 Å². The number of amides is 1. The number of fused-ring (bicyclic) bond motifs is 1. The van der Waals surface area contributed by atoms with E-state index < -0.39 is 15.6 Å². The first-order chi connectivity index (χ1) is 16.2. The second-order valence-corrected chi connectivity index (χ2v) is 9.46. The van der Waals surface area contributed by atoms with Gasteiger partial charge in [0, 0.05) is 17.8 Å². The van der Waals surface area contributed by atoms with Crippen molar-refractivity contribution in [1.82, 2.24) is 9.88 Å². The van der Waals surface area contributed by atoms with Crippen molar-refractivity contribution in [1.29, 1.82) is 0 Å². The van der Waals surface area contributed by atoms with Crippen LogP contribution in [0.4, 0.5) is 5.69 Å². The minimum absolute atomic E-state index is 0.0277. The molecule has 34 heavy (non-hydrogen) atoms. The first kappa shape index (κ1) is 23.0. The number of nitrogens with two attached hydrogens (primary N) is 1. The zero-order valence-electron chi connectivity index (χ0n) is 18.4. The molecule has 1 aliphatic heterocycles. The molecule has 2 aromatic carbocycles. The smallest absolute Gasteiger partial charge is 0.279 e. The number of hydrogen-bond donors (Lipinski definition) is 3. The van der Waals surface area contributed by atoms with Gasteiger partial charge in [0.1, 0.15) is 11.5 Å². The van der Waals surface area contributed by atoms with Crippen molar-refractivity contribution in [2.45, 2.75) is 11.8 Å². The van der Waals surface area contributed by atoms with E-state index in [1.165, 1.54) is 16.7 Å². The molecule has 0 atom stereocenters. The number of nitrogens with zero attached hydrogens (tertiary/aromatic N) is 2. The molecule has 0 aliphatic carbocycles. The number of hydrogen-bond acceptors (Lipinski definition) is 6. The molecule has 2 heterocycles. The standard InChI is InChI=1S/C24H23N5O4S/c1-15-12-27-23(25)22(20(15)13-26-14-30)29-16(2)7-10-21(24(29)31)28-34(32,33)19-9-8-17-5-3-4-6-18(17)11-19/h3-11,14,28H,1,12-13H2,2H3,(H2,25,27)(H,26,30). The van der Waals surface area contributed by atoms with Crippen molar-refractivity contribution < 1.29 is 13.2 Å². The monoisotopic (exact) mass is 477 g/mol. The summed E-state index contributed by atoms with van der Waals surface area (Å²) in [6.07, 6.45) is 0.531. The maximum Gasteiger partial charge on any atom is 0.279 e. The summed E-state index contributed by atoms with van der Waals surface area (Å²) >= 11 is 0. The molecule has 0 unspecified atom stereocenters. The molecule has 4 rings (SSSR count). The summed E-state index contributed by atoms with van der Waals surface area (Å²) in [5.74, 6) is 0.0924. The molecular weight excluding hydrogens is 454 g/mol. The van der Waals surface area contributed by atoms with Gasteiger partial charge >= 0.3 is 0 Å². The molecule has 4 N–H and O–H groups in total. The number of amidine groups is 1. The highest BCUT2D eigenvalue weighted by molar-refractivity contribution is 7.92. The average Bonchev–Trinajstić information content (AvgIpc) is 2.82. The number of pyridine rings is 1. The molecule has 3 aromatic rings. The SMILES string of the molecule is C=C1CN=C(N)C(n2c(C)ccc(NS(=O)(=O)c3ccc4ccccc4c3)c2=O)=C1CNC=O. The van der Waals surface area contributed by atoms with Gasteiger partial charge < -0.3 is 11.1 Å². The quantitative estimate of drug-likeness (QED) is 0.447. The number of rotatable bonds is 7. The summed E-state index contributed by atoms with van der Waals surface area (Å²) in [5, 5.41) is 4.22. The van der Waals surface area contributed by atoms with E-state index in [0.717, 1.165) is 10.8 Å². The highest BCUT2D eigenvalue weighted by atomic mass is 32.2. The van der Waals surface area contributed by atoms with Gasteiger partial charge in [-0.25, -0.2) is 8.42 Å². The molecule has 1 amide bonds. The predicted molar refractivity (Wildman–Crippen MR) is 133 cm³/mol. The van der Waals surface area contributed by atoms with Crippen LogP contribution in [-0.2, 0) is 14.8 Å². The number of carbonyl (C=O) groups is 1. The molecule has 10 heteroatoms. The number of aliphatic imine (C=N–C) groups is 1. The number of dihydropyridines is 1. The van der Waals surface area contributed by atoms with E-state index in [9.17, 15) is 18.0 Å². The van der Waals surface area contributed by atoms with E-state index in [2.05, 4.69) is 21.6 Å². The lowest BCUT2D eigenvalue weighted by molar-refractivity contribution is -0.109. The van der Waals surface area contributed by atoms with Gasteiger partial charge in [-0.3, -0.25) is 23.9 Å². The van der Waals surface area contributed by atoms with Crippen LogP contribution in [0, 0.1) is 6.92 Å². The van der Waals surface area contributed by atoms with E-state index in [1.54, 1.807) is 25.1 Å². The maximum atomic E-state index is 13.5. The maximum absolute atomic E-state index is 13.5. The van der Waals surface area contributed by atoms with Crippen LogP contribution < -0.4 is 21.3 Å². The number of aryl methyl sites for hydroxylation is 1. The number of benzene rings is 2. The summed E-state index contributed by atoms with van der Waals surface area (Å²) in [6.45, 7) is 5.97. The van der Waals surface area contributed by atoms with Gasteiger partial charge in [0.25, 0.3) is 15.6 Å². The van der Waals surface area contributed by atoms with Gasteiger partial charge in [-0.15, -0.1) is 0 Å². The molecule has 0 saturated heterocycles. The average molecular weight is 478 g/mol. The summed E-state index contributed by atoms with van der Waals surface area (Å²) in [5.41, 5.74) is 7.25. The number of aromatic nitrogens is 1. The summed E-state index contributed by atoms with van der Waals surface area (Å²) < 4.78 is 29.9. The lowest BCUT2D eigenvalue weighted by Gasteiger charge is -2.24. The number of nitrogens with one attached hydrogen (secondary N) is 2. The van der Waals surface area contributed by atoms with Gasteiger partial charge in [-0.05, 0) is 47.5 Å². The normalized spacial score (nSPS) is 14.1. The highest BCUT2D eigenvalue weighted by Crippen LogP contribution is 2.24. The zero-order chi connectivity index (χ0) is 24.5.